The fourth-order valence-electron chi connectivity index (χ4n) is 2.37. The van der Waals surface area contributed by atoms with Crippen LogP contribution in [0.4, 0.5) is 11.4 Å². The van der Waals surface area contributed by atoms with Crippen molar-refractivity contribution in [3.63, 3.8) is 0 Å². The zero-order chi connectivity index (χ0) is 13.0. The maximum Gasteiger partial charge on any atom is 0.0611 e. The average Bonchev–Trinajstić information content (AvgIpc) is 2.58. The summed E-state index contributed by atoms with van der Waals surface area (Å²) < 4.78 is 1.06. The van der Waals surface area contributed by atoms with E-state index in [1.54, 1.807) is 0 Å². The van der Waals surface area contributed by atoms with E-state index in [9.17, 15) is 0 Å². The fourth-order valence-corrected chi connectivity index (χ4v) is 2.72. The molecule has 0 amide bonds. The van der Waals surface area contributed by atoms with E-state index < -0.39 is 0 Å². The number of hydrogen-bond donors (Lipinski definition) is 2. The van der Waals surface area contributed by atoms with Gasteiger partial charge in [0.2, 0.25) is 0 Å². The molecular weight excluding hydrogens is 294 g/mol. The molecule has 0 bridgehead atoms. The van der Waals surface area contributed by atoms with Crippen molar-refractivity contribution in [3.05, 3.63) is 22.7 Å². The van der Waals surface area contributed by atoms with Crippen LogP contribution in [0.5, 0.6) is 0 Å². The topological polar surface area (TPSA) is 52.7 Å². The fraction of sp³-hybridized carbons (Fsp3) is 0.538. The number of anilines is 2. The first kappa shape index (κ1) is 13.6. The Hall–Kier alpha value is -0.780. The minimum absolute atomic E-state index is 0.235. The standard InChI is InChI=1S/C13H20BrN3O/c14-11-2-3-12(15)13(10-11)17-5-1-4-16(6-7-17)8-9-18/h2-3,10,18H,1,4-9,15H2. The van der Waals surface area contributed by atoms with Crippen LogP contribution in [0.3, 0.4) is 0 Å². The quantitative estimate of drug-likeness (QED) is 0.831. The Morgan fingerprint density at radius 2 is 2.06 bits per heavy atom. The molecule has 0 unspecified atom stereocenters. The number of β-amino-alcohol motifs (C(OH)–C–C–N with tert-alkyl or cyclic N) is 1. The molecule has 1 aromatic carbocycles. The SMILES string of the molecule is Nc1ccc(Br)cc1N1CCCN(CCO)CC1. The van der Waals surface area contributed by atoms with Crippen LogP contribution in [-0.2, 0) is 0 Å². The molecule has 0 atom stereocenters. The van der Waals surface area contributed by atoms with Gasteiger partial charge in [0.1, 0.15) is 0 Å². The Labute approximate surface area is 117 Å². The first-order chi connectivity index (χ1) is 8.70. The first-order valence-electron chi connectivity index (χ1n) is 6.34. The lowest BCUT2D eigenvalue weighted by Crippen LogP contribution is -2.32. The molecular formula is C13H20BrN3O. The van der Waals surface area contributed by atoms with Crippen LogP contribution in [0, 0.1) is 0 Å². The van der Waals surface area contributed by atoms with E-state index >= 15 is 0 Å². The van der Waals surface area contributed by atoms with Crippen LogP contribution in [0.15, 0.2) is 22.7 Å². The van der Waals surface area contributed by atoms with Gasteiger partial charge in [0.05, 0.1) is 18.0 Å². The van der Waals surface area contributed by atoms with Crippen LogP contribution in [0.1, 0.15) is 6.42 Å². The van der Waals surface area contributed by atoms with Crippen molar-refractivity contribution in [2.24, 2.45) is 0 Å². The van der Waals surface area contributed by atoms with Gasteiger partial charge in [-0.15, -0.1) is 0 Å². The van der Waals surface area contributed by atoms with E-state index in [1.807, 2.05) is 12.1 Å². The van der Waals surface area contributed by atoms with Crippen molar-refractivity contribution >= 4 is 27.3 Å². The summed E-state index contributed by atoms with van der Waals surface area (Å²) in [6.07, 6.45) is 1.10. The molecule has 1 heterocycles. The normalized spacial score (nSPS) is 17.8. The Morgan fingerprint density at radius 1 is 1.22 bits per heavy atom. The van der Waals surface area contributed by atoms with Gasteiger partial charge in [-0.25, -0.2) is 0 Å². The highest BCUT2D eigenvalue weighted by molar-refractivity contribution is 9.10. The van der Waals surface area contributed by atoms with Gasteiger partial charge in [-0.1, -0.05) is 15.9 Å². The van der Waals surface area contributed by atoms with Gasteiger partial charge in [0.15, 0.2) is 0 Å². The molecule has 18 heavy (non-hydrogen) atoms. The molecule has 100 valence electrons. The molecule has 1 saturated heterocycles. The molecule has 0 aliphatic carbocycles. The summed E-state index contributed by atoms with van der Waals surface area (Å²) in [6.45, 7) is 5.00. The van der Waals surface area contributed by atoms with Gasteiger partial charge in [-0.2, -0.15) is 0 Å². The van der Waals surface area contributed by atoms with E-state index in [-0.39, 0.29) is 6.61 Å². The van der Waals surface area contributed by atoms with E-state index in [0.717, 1.165) is 55.0 Å². The molecule has 0 spiro atoms. The molecule has 0 saturated carbocycles. The van der Waals surface area contributed by atoms with Gasteiger partial charge < -0.3 is 15.7 Å². The van der Waals surface area contributed by atoms with Crippen LogP contribution >= 0.6 is 15.9 Å². The Kier molecular flexibility index (Phi) is 4.86. The summed E-state index contributed by atoms with van der Waals surface area (Å²) >= 11 is 3.49. The van der Waals surface area contributed by atoms with Crippen molar-refractivity contribution in [1.29, 1.82) is 0 Å². The third-order valence-corrected chi connectivity index (χ3v) is 3.83. The van der Waals surface area contributed by atoms with Crippen molar-refractivity contribution in [1.82, 2.24) is 4.90 Å². The third-order valence-electron chi connectivity index (χ3n) is 3.34. The number of hydrogen-bond acceptors (Lipinski definition) is 4. The average molecular weight is 314 g/mol. The lowest BCUT2D eigenvalue weighted by atomic mass is 10.2. The van der Waals surface area contributed by atoms with Crippen LogP contribution < -0.4 is 10.6 Å². The smallest absolute Gasteiger partial charge is 0.0611 e. The van der Waals surface area contributed by atoms with Gasteiger partial charge >= 0.3 is 0 Å². The Bertz CT molecular complexity index is 400. The predicted molar refractivity (Wildman–Crippen MR) is 78.9 cm³/mol. The molecule has 2 rings (SSSR count). The second-order valence-corrected chi connectivity index (χ2v) is 5.52. The monoisotopic (exact) mass is 313 g/mol. The first-order valence-corrected chi connectivity index (χ1v) is 7.13. The number of nitrogens with zero attached hydrogens (tertiary/aromatic N) is 2. The minimum atomic E-state index is 0.235. The number of aliphatic hydroxyl groups is 1. The highest BCUT2D eigenvalue weighted by atomic mass is 79.9. The Balaban J connectivity index is 2.07. The molecule has 4 nitrogen and oxygen atoms in total. The number of nitrogen functional groups attached to an aromatic ring is 1. The van der Waals surface area contributed by atoms with E-state index in [2.05, 4.69) is 31.8 Å². The van der Waals surface area contributed by atoms with Crippen molar-refractivity contribution in [2.75, 3.05) is 50.0 Å². The summed E-state index contributed by atoms with van der Waals surface area (Å²) in [4.78, 5) is 4.63. The van der Waals surface area contributed by atoms with E-state index in [0.29, 0.717) is 0 Å². The lowest BCUT2D eigenvalue weighted by Gasteiger charge is -2.25. The number of nitrogens with two attached hydrogens (primary N) is 1. The van der Waals surface area contributed by atoms with Crippen LogP contribution in [0.2, 0.25) is 0 Å². The zero-order valence-corrected chi connectivity index (χ0v) is 12.1. The number of halogens is 1. The highest BCUT2D eigenvalue weighted by Gasteiger charge is 2.16. The van der Waals surface area contributed by atoms with Gasteiger partial charge in [-0.05, 0) is 31.2 Å². The minimum Gasteiger partial charge on any atom is -0.397 e. The summed E-state index contributed by atoms with van der Waals surface area (Å²) in [7, 11) is 0. The Morgan fingerprint density at radius 3 is 2.83 bits per heavy atom. The van der Waals surface area contributed by atoms with Gasteiger partial charge in [-0.3, -0.25) is 4.90 Å². The molecule has 1 aliphatic rings. The van der Waals surface area contributed by atoms with Crippen LogP contribution in [0.25, 0.3) is 0 Å². The molecule has 1 aliphatic heterocycles. The largest absolute Gasteiger partial charge is 0.397 e. The summed E-state index contributed by atoms with van der Waals surface area (Å²) in [6, 6.07) is 5.99. The lowest BCUT2D eigenvalue weighted by molar-refractivity contribution is 0.204. The third kappa shape index (κ3) is 3.37. The molecule has 0 radical (unpaired) electrons. The number of aliphatic hydroxyl groups excluding tert-OH is 1. The van der Waals surface area contributed by atoms with Crippen LogP contribution in [-0.4, -0.2) is 49.3 Å². The molecule has 5 heteroatoms. The second kappa shape index (κ2) is 6.41. The maximum absolute atomic E-state index is 8.99. The van der Waals surface area contributed by atoms with Gasteiger partial charge in [0.25, 0.3) is 0 Å². The summed E-state index contributed by atoms with van der Waals surface area (Å²) in [5.74, 6) is 0. The van der Waals surface area contributed by atoms with E-state index in [1.165, 1.54) is 0 Å². The number of rotatable bonds is 3. The van der Waals surface area contributed by atoms with Gasteiger partial charge in [0, 0.05) is 30.7 Å². The molecule has 1 aromatic rings. The second-order valence-electron chi connectivity index (χ2n) is 4.61. The predicted octanol–water partition coefficient (Wildman–Crippen LogP) is 1.54. The number of benzene rings is 1. The highest BCUT2D eigenvalue weighted by Crippen LogP contribution is 2.27. The zero-order valence-electron chi connectivity index (χ0n) is 10.5. The van der Waals surface area contributed by atoms with Crippen molar-refractivity contribution in [2.45, 2.75) is 6.42 Å². The molecule has 0 aromatic heterocycles. The molecule has 1 fully saturated rings. The van der Waals surface area contributed by atoms with Crippen molar-refractivity contribution in [3.8, 4) is 0 Å². The molecule has 3 N–H and O–H groups in total. The summed E-state index contributed by atoms with van der Waals surface area (Å²) in [5, 5.41) is 8.99. The maximum atomic E-state index is 8.99. The summed E-state index contributed by atoms with van der Waals surface area (Å²) in [5.41, 5.74) is 7.98. The van der Waals surface area contributed by atoms with Crippen molar-refractivity contribution < 1.29 is 5.11 Å². The van der Waals surface area contributed by atoms with E-state index in [4.69, 9.17) is 10.8 Å².